The zero-order chi connectivity index (χ0) is 20.3. The van der Waals surface area contributed by atoms with E-state index in [4.69, 9.17) is 5.10 Å². The van der Waals surface area contributed by atoms with Crippen LogP contribution in [0, 0.1) is 10.8 Å². The van der Waals surface area contributed by atoms with Crippen molar-refractivity contribution in [1.82, 2.24) is 10.2 Å². The molecule has 0 bridgehead atoms. The number of H-pyrrole nitrogens is 1. The third kappa shape index (κ3) is 3.05. The number of carbonyl (C=O) groups excluding carboxylic acids is 1. The molecule has 2 aliphatic carbocycles. The lowest BCUT2D eigenvalue weighted by molar-refractivity contribution is -0.118. The number of nitrogens with zero attached hydrogens (tertiary/aromatic N) is 1. The Morgan fingerprint density at radius 3 is 2.39 bits per heavy atom. The number of allylic oxidation sites excluding steroid dienone is 2. The molecule has 0 saturated carbocycles. The van der Waals surface area contributed by atoms with Crippen LogP contribution in [0.25, 0.3) is 0 Å². The van der Waals surface area contributed by atoms with Crippen molar-refractivity contribution in [2.24, 2.45) is 10.8 Å². The molecule has 0 fully saturated rings. The fourth-order valence-electron chi connectivity index (χ4n) is 5.40. The van der Waals surface area contributed by atoms with Crippen molar-refractivity contribution in [1.29, 1.82) is 0 Å². The van der Waals surface area contributed by atoms with Gasteiger partial charge in [-0.25, -0.2) is 0 Å². The van der Waals surface area contributed by atoms with Crippen LogP contribution in [0.1, 0.15) is 76.9 Å². The molecule has 4 rings (SSSR count). The number of rotatable bonds is 2. The minimum Gasteiger partial charge on any atom is -0.294 e. The lowest BCUT2D eigenvalue weighted by Crippen LogP contribution is -2.41. The Balaban J connectivity index is 1.98. The Morgan fingerprint density at radius 1 is 1.07 bits per heavy atom. The Hall–Kier alpha value is -2.16. The molecular formula is C25H32N2O. The van der Waals surface area contributed by atoms with Crippen LogP contribution in [-0.2, 0) is 23.1 Å². The highest BCUT2D eigenvalue weighted by molar-refractivity contribution is 6.01. The molecule has 28 heavy (non-hydrogen) atoms. The van der Waals surface area contributed by atoms with E-state index < -0.39 is 5.41 Å². The van der Waals surface area contributed by atoms with Crippen molar-refractivity contribution < 1.29 is 4.79 Å². The Kier molecular flexibility index (Phi) is 4.22. The standard InChI is InChI=1S/C25H32N2O/c1-23(2,3)14-19-22-18(26-27-19)12-16-13-24(4,5)15-20(28)21(16)25(22,6)17-10-8-7-9-11-17/h7-11H,12-15H2,1-6H3,(H,26,27)/t25-/m1/s1. The number of hydrogen-bond donors (Lipinski definition) is 1. The number of Topliss-reactive ketones (excluding diaryl/α,β-unsaturated/α-hetero) is 1. The highest BCUT2D eigenvalue weighted by Crippen LogP contribution is 2.53. The first-order valence-electron chi connectivity index (χ1n) is 10.4. The van der Waals surface area contributed by atoms with E-state index in [0.29, 0.717) is 12.2 Å². The molecule has 0 amide bonds. The number of carbonyl (C=O) groups is 1. The number of ketones is 1. The van der Waals surface area contributed by atoms with Gasteiger partial charge in [-0.1, -0.05) is 70.5 Å². The van der Waals surface area contributed by atoms with Gasteiger partial charge in [0.2, 0.25) is 0 Å². The number of nitrogens with one attached hydrogen (secondary N) is 1. The predicted molar refractivity (Wildman–Crippen MR) is 113 cm³/mol. The van der Waals surface area contributed by atoms with Gasteiger partial charge in [-0.15, -0.1) is 0 Å². The molecule has 2 aromatic rings. The van der Waals surface area contributed by atoms with Crippen LogP contribution in [0.2, 0.25) is 0 Å². The van der Waals surface area contributed by atoms with E-state index >= 15 is 0 Å². The number of aromatic nitrogens is 2. The monoisotopic (exact) mass is 376 g/mol. The van der Waals surface area contributed by atoms with Gasteiger partial charge >= 0.3 is 0 Å². The van der Waals surface area contributed by atoms with Gasteiger partial charge in [0.25, 0.3) is 0 Å². The summed E-state index contributed by atoms with van der Waals surface area (Å²) in [7, 11) is 0. The van der Waals surface area contributed by atoms with Crippen molar-refractivity contribution in [3.63, 3.8) is 0 Å². The largest absolute Gasteiger partial charge is 0.294 e. The van der Waals surface area contributed by atoms with E-state index in [2.05, 4.69) is 70.9 Å². The average Bonchev–Trinajstić information content (AvgIpc) is 2.95. The van der Waals surface area contributed by atoms with E-state index in [1.165, 1.54) is 22.4 Å². The van der Waals surface area contributed by atoms with Crippen LogP contribution in [0.4, 0.5) is 0 Å². The average molecular weight is 377 g/mol. The molecule has 1 aromatic carbocycles. The second-order valence-corrected chi connectivity index (χ2v) is 10.8. The van der Waals surface area contributed by atoms with Gasteiger partial charge in [0, 0.05) is 35.1 Å². The van der Waals surface area contributed by atoms with Gasteiger partial charge in [0.1, 0.15) is 0 Å². The molecule has 148 valence electrons. The van der Waals surface area contributed by atoms with Crippen LogP contribution in [-0.4, -0.2) is 16.0 Å². The van der Waals surface area contributed by atoms with Gasteiger partial charge in [-0.2, -0.15) is 5.10 Å². The minimum absolute atomic E-state index is 0.0271. The Bertz CT molecular complexity index is 956. The highest BCUT2D eigenvalue weighted by atomic mass is 16.1. The summed E-state index contributed by atoms with van der Waals surface area (Å²) in [4.78, 5) is 13.5. The molecule has 1 N–H and O–H groups in total. The highest BCUT2D eigenvalue weighted by Gasteiger charge is 2.49. The summed E-state index contributed by atoms with van der Waals surface area (Å²) >= 11 is 0. The molecule has 0 unspecified atom stereocenters. The zero-order valence-electron chi connectivity index (χ0n) is 18.1. The summed E-state index contributed by atoms with van der Waals surface area (Å²) in [6.07, 6.45) is 3.31. The van der Waals surface area contributed by atoms with Crippen LogP contribution in [0.5, 0.6) is 0 Å². The maximum atomic E-state index is 13.5. The van der Waals surface area contributed by atoms with Gasteiger partial charge < -0.3 is 0 Å². The molecule has 0 aliphatic heterocycles. The first-order chi connectivity index (χ1) is 13.0. The summed E-state index contributed by atoms with van der Waals surface area (Å²) in [6, 6.07) is 10.5. The van der Waals surface area contributed by atoms with E-state index in [9.17, 15) is 4.79 Å². The van der Waals surface area contributed by atoms with Crippen molar-refractivity contribution in [3.8, 4) is 0 Å². The summed E-state index contributed by atoms with van der Waals surface area (Å²) in [6.45, 7) is 13.4. The van der Waals surface area contributed by atoms with Gasteiger partial charge in [-0.3, -0.25) is 9.89 Å². The summed E-state index contributed by atoms with van der Waals surface area (Å²) < 4.78 is 0. The summed E-state index contributed by atoms with van der Waals surface area (Å²) in [5.41, 5.74) is 6.77. The van der Waals surface area contributed by atoms with E-state index in [1.807, 2.05) is 6.07 Å². The number of aromatic amines is 1. The molecule has 1 heterocycles. The van der Waals surface area contributed by atoms with Crippen LogP contribution < -0.4 is 0 Å². The third-order valence-electron chi connectivity index (χ3n) is 6.32. The molecule has 0 radical (unpaired) electrons. The zero-order valence-corrected chi connectivity index (χ0v) is 18.1. The normalized spacial score (nSPS) is 24.1. The SMILES string of the molecule is CC(C)(C)Cc1n[nH]c2c1[C@](C)(c1ccccc1)C1=C(C2)CC(C)(C)CC1=O. The second-order valence-electron chi connectivity index (χ2n) is 10.8. The maximum Gasteiger partial charge on any atom is 0.160 e. The molecule has 3 nitrogen and oxygen atoms in total. The van der Waals surface area contributed by atoms with Gasteiger partial charge in [0.05, 0.1) is 5.69 Å². The first-order valence-corrected chi connectivity index (χ1v) is 10.4. The number of benzene rings is 1. The lowest BCUT2D eigenvalue weighted by atomic mass is 9.58. The fourth-order valence-corrected chi connectivity index (χ4v) is 5.40. The molecule has 3 heteroatoms. The Labute approximate surface area is 168 Å². The van der Waals surface area contributed by atoms with E-state index in [1.54, 1.807) is 0 Å². The quantitative estimate of drug-likeness (QED) is 0.747. The molecular weight excluding hydrogens is 344 g/mol. The summed E-state index contributed by atoms with van der Waals surface area (Å²) in [5.74, 6) is 0.311. The van der Waals surface area contributed by atoms with Crippen LogP contribution in [0.15, 0.2) is 41.5 Å². The van der Waals surface area contributed by atoms with E-state index in [0.717, 1.165) is 30.5 Å². The van der Waals surface area contributed by atoms with Gasteiger partial charge in [0.15, 0.2) is 5.78 Å². The van der Waals surface area contributed by atoms with Crippen molar-refractivity contribution in [3.05, 3.63) is 64.0 Å². The second kappa shape index (κ2) is 6.17. The van der Waals surface area contributed by atoms with Gasteiger partial charge in [-0.05, 0) is 36.2 Å². The smallest absolute Gasteiger partial charge is 0.160 e. The van der Waals surface area contributed by atoms with Crippen LogP contribution in [0.3, 0.4) is 0 Å². The topological polar surface area (TPSA) is 45.8 Å². The van der Waals surface area contributed by atoms with Crippen molar-refractivity contribution in [2.75, 3.05) is 0 Å². The summed E-state index contributed by atoms with van der Waals surface area (Å²) in [5, 5.41) is 8.11. The molecule has 0 saturated heterocycles. The molecule has 1 aromatic heterocycles. The molecule has 2 aliphatic rings. The van der Waals surface area contributed by atoms with E-state index in [-0.39, 0.29) is 10.8 Å². The maximum absolute atomic E-state index is 13.5. The first kappa shape index (κ1) is 19.2. The Morgan fingerprint density at radius 2 is 1.75 bits per heavy atom. The molecule has 0 spiro atoms. The van der Waals surface area contributed by atoms with Crippen molar-refractivity contribution in [2.45, 2.75) is 72.6 Å². The predicted octanol–water partition coefficient (Wildman–Crippen LogP) is 5.55. The lowest BCUT2D eigenvalue weighted by Gasteiger charge is -2.44. The van der Waals surface area contributed by atoms with Crippen molar-refractivity contribution >= 4 is 5.78 Å². The van der Waals surface area contributed by atoms with Crippen LogP contribution >= 0.6 is 0 Å². The third-order valence-corrected chi connectivity index (χ3v) is 6.32. The fraction of sp³-hybridized carbons (Fsp3) is 0.520. The number of hydrogen-bond acceptors (Lipinski definition) is 2. The minimum atomic E-state index is -0.439. The molecule has 1 atom stereocenters. The number of fused-ring (bicyclic) bond motifs is 1.